The van der Waals surface area contributed by atoms with Crippen LogP contribution in [0, 0.1) is 10.1 Å². The fourth-order valence-corrected chi connectivity index (χ4v) is 1.40. The number of benzene rings is 2. The Bertz CT molecular complexity index is 611. The summed E-state index contributed by atoms with van der Waals surface area (Å²) in [6.07, 6.45) is 0. The van der Waals surface area contributed by atoms with Gasteiger partial charge in [-0.25, -0.2) is 9.68 Å². The van der Waals surface area contributed by atoms with E-state index in [1.54, 1.807) is 24.3 Å². The summed E-state index contributed by atoms with van der Waals surface area (Å²) in [4.78, 5) is 30.6. The summed E-state index contributed by atoms with van der Waals surface area (Å²) in [5.41, 5.74) is -0.0823. The van der Waals surface area contributed by atoms with Crippen LogP contribution in [0.1, 0.15) is 0 Å². The predicted molar refractivity (Wildman–Crippen MR) is 71.8 cm³/mol. The molecule has 0 amide bonds. The molecule has 7 heteroatoms. The third-order valence-corrected chi connectivity index (χ3v) is 2.38. The van der Waals surface area contributed by atoms with Crippen molar-refractivity contribution in [2.45, 2.75) is 0 Å². The number of carbonyl (C=O) groups excluding carboxylic acids is 1. The zero-order valence-electron chi connectivity index (χ0n) is 10.8. The topological polar surface area (TPSA) is 87.9 Å². The third kappa shape index (κ3) is 4.50. The number of para-hydroxylation sites is 1. The molecule has 0 aliphatic heterocycles. The molecule has 2 aromatic carbocycles. The van der Waals surface area contributed by atoms with E-state index in [1.807, 2.05) is 6.07 Å². The van der Waals surface area contributed by atoms with Gasteiger partial charge in [0.2, 0.25) is 0 Å². The number of nitrogens with zero attached hydrogens (tertiary/aromatic N) is 1. The summed E-state index contributed by atoms with van der Waals surface area (Å²) in [7, 11) is 0. The van der Waals surface area contributed by atoms with Gasteiger partial charge in [-0.3, -0.25) is 15.0 Å². The van der Waals surface area contributed by atoms with Gasteiger partial charge in [-0.1, -0.05) is 18.2 Å². The maximum Gasteiger partial charge on any atom is 0.392 e. The molecule has 0 fully saturated rings. The van der Waals surface area contributed by atoms with Crippen molar-refractivity contribution in [1.82, 2.24) is 0 Å². The average Bonchev–Trinajstić information content (AvgIpc) is 2.52. The minimum absolute atomic E-state index is 0.0823. The summed E-state index contributed by atoms with van der Waals surface area (Å²) in [5, 5.41) is 10.5. The van der Waals surface area contributed by atoms with Crippen molar-refractivity contribution in [3.63, 3.8) is 0 Å². The number of non-ortho nitro benzene ring substituents is 1. The highest BCUT2D eigenvalue weighted by molar-refractivity contribution is 5.70. The molecule has 0 atom stereocenters. The van der Waals surface area contributed by atoms with Crippen molar-refractivity contribution < 1.29 is 24.2 Å². The number of ether oxygens (including phenoxy) is 1. The summed E-state index contributed by atoms with van der Waals surface area (Å²) in [6.45, 7) is -0.309. The van der Waals surface area contributed by atoms with E-state index < -0.39 is 10.9 Å². The van der Waals surface area contributed by atoms with Crippen molar-refractivity contribution >= 4 is 11.7 Å². The Labute approximate surface area is 119 Å². The molecule has 0 saturated carbocycles. The molecule has 0 aliphatic rings. The Balaban J connectivity index is 1.77. The molecule has 0 heterocycles. The van der Waals surface area contributed by atoms with E-state index in [2.05, 4.69) is 4.89 Å². The minimum atomic E-state index is -0.725. The van der Waals surface area contributed by atoms with Crippen molar-refractivity contribution in [2.75, 3.05) is 6.61 Å². The Hall–Kier alpha value is -3.09. The Morgan fingerprint density at radius 3 is 2.29 bits per heavy atom. The van der Waals surface area contributed by atoms with Gasteiger partial charge >= 0.3 is 5.97 Å². The molecule has 0 bridgehead atoms. The molecule has 7 nitrogen and oxygen atoms in total. The summed E-state index contributed by atoms with van der Waals surface area (Å²) < 4.78 is 5.16. The molecule has 0 saturated heterocycles. The molecule has 21 heavy (non-hydrogen) atoms. The van der Waals surface area contributed by atoms with Crippen LogP contribution in [0.15, 0.2) is 54.6 Å². The van der Waals surface area contributed by atoms with Crippen molar-refractivity contribution in [3.05, 3.63) is 64.7 Å². The number of nitro benzene ring substituents is 1. The molecule has 0 N–H and O–H groups in total. The minimum Gasteiger partial charge on any atom is -0.482 e. The first-order valence-electron chi connectivity index (χ1n) is 5.95. The second-order valence-corrected chi connectivity index (χ2v) is 3.89. The number of hydrogen-bond donors (Lipinski definition) is 0. The third-order valence-electron chi connectivity index (χ3n) is 2.38. The molecule has 0 aromatic heterocycles. The monoisotopic (exact) mass is 289 g/mol. The van der Waals surface area contributed by atoms with Crippen LogP contribution in [0.2, 0.25) is 0 Å². The summed E-state index contributed by atoms with van der Waals surface area (Å²) in [5.74, 6) is -0.0179. The number of carbonyl (C=O) groups is 1. The van der Waals surface area contributed by atoms with Crippen LogP contribution < -0.4 is 9.62 Å². The average molecular weight is 289 g/mol. The first-order chi connectivity index (χ1) is 10.1. The van der Waals surface area contributed by atoms with Gasteiger partial charge in [0.25, 0.3) is 5.69 Å². The number of hydrogen-bond acceptors (Lipinski definition) is 6. The van der Waals surface area contributed by atoms with Crippen molar-refractivity contribution in [1.29, 1.82) is 0 Å². The van der Waals surface area contributed by atoms with Gasteiger partial charge in [-0.05, 0) is 24.3 Å². The first-order valence-corrected chi connectivity index (χ1v) is 5.95. The Morgan fingerprint density at radius 2 is 1.67 bits per heavy atom. The summed E-state index contributed by atoms with van der Waals surface area (Å²) >= 11 is 0. The molecule has 2 aromatic rings. The van der Waals surface area contributed by atoms with Crippen LogP contribution in [0.5, 0.6) is 11.5 Å². The lowest BCUT2D eigenvalue weighted by atomic mass is 10.3. The van der Waals surface area contributed by atoms with Gasteiger partial charge in [0, 0.05) is 12.1 Å². The van der Waals surface area contributed by atoms with E-state index in [0.717, 1.165) is 0 Å². The molecule has 0 unspecified atom stereocenters. The van der Waals surface area contributed by atoms with E-state index in [4.69, 9.17) is 9.62 Å². The predicted octanol–water partition coefficient (Wildman–Crippen LogP) is 2.51. The standard InChI is InChI=1S/C14H11NO6/c16-14(10-19-12-4-2-1-3-5-12)21-20-13-8-6-11(7-9-13)15(17)18/h1-9H,10H2. The Kier molecular flexibility index (Phi) is 4.70. The van der Waals surface area contributed by atoms with Gasteiger partial charge in [0.05, 0.1) is 4.92 Å². The molecule has 108 valence electrons. The van der Waals surface area contributed by atoms with Crippen molar-refractivity contribution in [3.8, 4) is 11.5 Å². The lowest BCUT2D eigenvalue weighted by molar-refractivity contribution is -0.384. The van der Waals surface area contributed by atoms with Gasteiger partial charge < -0.3 is 4.74 Å². The molecule has 0 spiro atoms. The molecule has 2 rings (SSSR count). The van der Waals surface area contributed by atoms with E-state index in [9.17, 15) is 14.9 Å². The fourth-order valence-electron chi connectivity index (χ4n) is 1.40. The van der Waals surface area contributed by atoms with Gasteiger partial charge in [-0.2, -0.15) is 0 Å². The van der Waals surface area contributed by atoms with Gasteiger partial charge in [-0.15, -0.1) is 0 Å². The van der Waals surface area contributed by atoms with E-state index >= 15 is 0 Å². The lowest BCUT2D eigenvalue weighted by Crippen LogP contribution is -2.16. The SMILES string of the molecule is O=C(COc1ccccc1)OOc1ccc([N+](=O)[O-])cc1. The smallest absolute Gasteiger partial charge is 0.392 e. The number of rotatable bonds is 6. The summed E-state index contributed by atoms with van der Waals surface area (Å²) in [6, 6.07) is 13.9. The zero-order valence-corrected chi connectivity index (χ0v) is 10.8. The van der Waals surface area contributed by atoms with Crippen molar-refractivity contribution in [2.24, 2.45) is 0 Å². The maximum absolute atomic E-state index is 11.4. The van der Waals surface area contributed by atoms with E-state index in [1.165, 1.54) is 24.3 Å². The van der Waals surface area contributed by atoms with Crippen LogP contribution >= 0.6 is 0 Å². The first kappa shape index (κ1) is 14.3. The largest absolute Gasteiger partial charge is 0.482 e. The Morgan fingerprint density at radius 1 is 1.00 bits per heavy atom. The van der Waals surface area contributed by atoms with Gasteiger partial charge in [0.15, 0.2) is 12.4 Å². The zero-order chi connectivity index (χ0) is 15.1. The highest BCUT2D eigenvalue weighted by atomic mass is 17.2. The van der Waals surface area contributed by atoms with Crippen LogP contribution in [-0.4, -0.2) is 17.5 Å². The normalized spacial score (nSPS) is 9.71. The van der Waals surface area contributed by atoms with E-state index in [-0.39, 0.29) is 18.0 Å². The fraction of sp³-hybridized carbons (Fsp3) is 0.0714. The maximum atomic E-state index is 11.4. The molecular formula is C14H11NO6. The van der Waals surface area contributed by atoms with Crippen LogP contribution in [0.4, 0.5) is 5.69 Å². The lowest BCUT2D eigenvalue weighted by Gasteiger charge is -2.06. The quantitative estimate of drug-likeness (QED) is 0.461. The second kappa shape index (κ2) is 6.90. The molecular weight excluding hydrogens is 278 g/mol. The van der Waals surface area contributed by atoms with E-state index in [0.29, 0.717) is 5.75 Å². The van der Waals surface area contributed by atoms with Gasteiger partial charge in [0.1, 0.15) is 5.75 Å². The van der Waals surface area contributed by atoms with Crippen LogP contribution in [0.25, 0.3) is 0 Å². The number of nitro groups is 1. The second-order valence-electron chi connectivity index (χ2n) is 3.89. The molecule has 0 radical (unpaired) electrons. The van der Waals surface area contributed by atoms with Crippen LogP contribution in [0.3, 0.4) is 0 Å². The van der Waals surface area contributed by atoms with Crippen LogP contribution in [-0.2, 0) is 9.68 Å². The highest BCUT2D eigenvalue weighted by Gasteiger charge is 2.09. The molecule has 0 aliphatic carbocycles. The highest BCUT2D eigenvalue weighted by Crippen LogP contribution is 2.17.